The van der Waals surface area contributed by atoms with Crippen LogP contribution in [0, 0.1) is 0 Å². The topological polar surface area (TPSA) is 66.2 Å². The summed E-state index contributed by atoms with van der Waals surface area (Å²) in [7, 11) is 2.86. The standard InChI is InChI=1S/C12H14ClN3O3/c1-7(13)11-14-8-4-5-9(18-2)15-12(8)16(11)6-10(17)19-3/h4-5,7H,6H2,1-3H3. The molecule has 0 N–H and O–H groups in total. The molecule has 2 aromatic heterocycles. The molecule has 0 aromatic carbocycles. The summed E-state index contributed by atoms with van der Waals surface area (Å²) in [6, 6.07) is 3.48. The summed E-state index contributed by atoms with van der Waals surface area (Å²) >= 11 is 6.09. The molecule has 0 spiro atoms. The Kier molecular flexibility index (Phi) is 3.90. The van der Waals surface area contributed by atoms with Crippen molar-refractivity contribution in [2.24, 2.45) is 0 Å². The molecule has 2 rings (SSSR count). The zero-order valence-corrected chi connectivity index (χ0v) is 11.6. The second-order valence-electron chi connectivity index (χ2n) is 3.94. The molecule has 1 atom stereocenters. The van der Waals surface area contributed by atoms with Crippen molar-refractivity contribution >= 4 is 28.7 Å². The molecular formula is C12H14ClN3O3. The zero-order chi connectivity index (χ0) is 14.0. The quantitative estimate of drug-likeness (QED) is 0.633. The number of carbonyl (C=O) groups excluding carboxylic acids is 1. The van der Waals surface area contributed by atoms with Crippen LogP contribution in [0.15, 0.2) is 12.1 Å². The lowest BCUT2D eigenvalue weighted by Gasteiger charge is -2.08. The summed E-state index contributed by atoms with van der Waals surface area (Å²) in [6.07, 6.45) is 0. The first-order chi connectivity index (χ1) is 9.06. The molecule has 6 nitrogen and oxygen atoms in total. The highest BCUT2D eigenvalue weighted by Gasteiger charge is 2.18. The van der Waals surface area contributed by atoms with E-state index in [0.29, 0.717) is 22.9 Å². The Labute approximate surface area is 115 Å². The van der Waals surface area contributed by atoms with Gasteiger partial charge in [0.25, 0.3) is 0 Å². The van der Waals surface area contributed by atoms with Crippen molar-refractivity contribution < 1.29 is 14.3 Å². The molecule has 0 saturated carbocycles. The van der Waals surface area contributed by atoms with Crippen molar-refractivity contribution in [3.05, 3.63) is 18.0 Å². The van der Waals surface area contributed by atoms with Gasteiger partial charge in [-0.15, -0.1) is 11.6 Å². The molecule has 0 aliphatic rings. The van der Waals surface area contributed by atoms with Gasteiger partial charge in [0.15, 0.2) is 5.65 Å². The fourth-order valence-electron chi connectivity index (χ4n) is 1.77. The molecule has 19 heavy (non-hydrogen) atoms. The van der Waals surface area contributed by atoms with E-state index in [1.807, 2.05) is 0 Å². The molecule has 0 saturated heterocycles. The third-order valence-corrected chi connectivity index (χ3v) is 2.87. The molecule has 0 radical (unpaired) electrons. The predicted octanol–water partition coefficient (Wildman–Crippen LogP) is 1.91. The Morgan fingerprint density at radius 1 is 1.42 bits per heavy atom. The van der Waals surface area contributed by atoms with Crippen molar-refractivity contribution in [2.45, 2.75) is 18.8 Å². The number of hydrogen-bond acceptors (Lipinski definition) is 5. The second-order valence-corrected chi connectivity index (χ2v) is 4.60. The van der Waals surface area contributed by atoms with Crippen molar-refractivity contribution in [2.75, 3.05) is 14.2 Å². The van der Waals surface area contributed by atoms with E-state index in [2.05, 4.69) is 14.7 Å². The van der Waals surface area contributed by atoms with E-state index in [4.69, 9.17) is 16.3 Å². The Hall–Kier alpha value is -1.82. The van der Waals surface area contributed by atoms with Gasteiger partial charge in [-0.2, -0.15) is 4.98 Å². The second kappa shape index (κ2) is 5.44. The SMILES string of the molecule is COC(=O)Cn1c(C(C)Cl)nc2ccc(OC)nc21. The van der Waals surface area contributed by atoms with Crippen LogP contribution in [0.4, 0.5) is 0 Å². The number of halogens is 1. The number of imidazole rings is 1. The van der Waals surface area contributed by atoms with Gasteiger partial charge in [0.1, 0.15) is 17.9 Å². The number of pyridine rings is 1. The fraction of sp³-hybridized carbons (Fsp3) is 0.417. The number of methoxy groups -OCH3 is 2. The number of ether oxygens (including phenoxy) is 2. The van der Waals surface area contributed by atoms with E-state index in [1.54, 1.807) is 23.6 Å². The van der Waals surface area contributed by atoms with Gasteiger partial charge in [0.2, 0.25) is 5.88 Å². The number of esters is 1. The third kappa shape index (κ3) is 2.63. The predicted molar refractivity (Wildman–Crippen MR) is 70.4 cm³/mol. The van der Waals surface area contributed by atoms with E-state index >= 15 is 0 Å². The van der Waals surface area contributed by atoms with Gasteiger partial charge in [-0.05, 0) is 13.0 Å². The van der Waals surface area contributed by atoms with Crippen LogP contribution in [0.3, 0.4) is 0 Å². The highest BCUT2D eigenvalue weighted by Crippen LogP contribution is 2.25. The van der Waals surface area contributed by atoms with Crippen molar-refractivity contribution in [1.29, 1.82) is 0 Å². The normalized spacial score (nSPS) is 12.4. The molecule has 0 aliphatic heterocycles. The Morgan fingerprint density at radius 2 is 2.16 bits per heavy atom. The van der Waals surface area contributed by atoms with Crippen LogP contribution >= 0.6 is 11.6 Å². The summed E-state index contributed by atoms with van der Waals surface area (Å²) in [5.41, 5.74) is 1.21. The summed E-state index contributed by atoms with van der Waals surface area (Å²) in [5, 5.41) is -0.343. The monoisotopic (exact) mass is 283 g/mol. The molecule has 0 aliphatic carbocycles. The smallest absolute Gasteiger partial charge is 0.325 e. The first kappa shape index (κ1) is 13.6. The number of alkyl halides is 1. The molecule has 1 unspecified atom stereocenters. The van der Waals surface area contributed by atoms with Gasteiger partial charge < -0.3 is 9.47 Å². The maximum Gasteiger partial charge on any atom is 0.325 e. The van der Waals surface area contributed by atoms with Crippen LogP contribution < -0.4 is 4.74 Å². The minimum atomic E-state index is -0.387. The van der Waals surface area contributed by atoms with Crippen LogP contribution in [-0.2, 0) is 16.1 Å². The maximum atomic E-state index is 11.5. The van der Waals surface area contributed by atoms with Gasteiger partial charge in [-0.3, -0.25) is 9.36 Å². The van der Waals surface area contributed by atoms with E-state index in [1.165, 1.54) is 14.2 Å². The minimum absolute atomic E-state index is 0.0135. The number of carbonyl (C=O) groups is 1. The average molecular weight is 284 g/mol. The van der Waals surface area contributed by atoms with E-state index in [0.717, 1.165) is 0 Å². The van der Waals surface area contributed by atoms with Crippen molar-refractivity contribution in [3.8, 4) is 5.88 Å². The molecule has 2 heterocycles. The third-order valence-electron chi connectivity index (χ3n) is 2.68. The summed E-state index contributed by atoms with van der Waals surface area (Å²) < 4.78 is 11.4. The maximum absolute atomic E-state index is 11.5. The van der Waals surface area contributed by atoms with Crippen molar-refractivity contribution in [3.63, 3.8) is 0 Å². The van der Waals surface area contributed by atoms with Gasteiger partial charge in [0.05, 0.1) is 19.6 Å². The largest absolute Gasteiger partial charge is 0.481 e. The van der Waals surface area contributed by atoms with Crippen LogP contribution in [-0.4, -0.2) is 34.7 Å². The Balaban J connectivity index is 2.59. The number of nitrogens with zero attached hydrogens (tertiary/aromatic N) is 3. The lowest BCUT2D eigenvalue weighted by Crippen LogP contribution is -2.14. The Bertz CT molecular complexity index is 610. The summed E-state index contributed by atoms with van der Waals surface area (Å²) in [5.74, 6) is 0.637. The molecule has 2 aromatic rings. The Morgan fingerprint density at radius 3 is 2.74 bits per heavy atom. The van der Waals surface area contributed by atoms with Crippen LogP contribution in [0.25, 0.3) is 11.2 Å². The number of aromatic nitrogens is 3. The highest BCUT2D eigenvalue weighted by molar-refractivity contribution is 6.20. The molecule has 0 fully saturated rings. The molecule has 0 amide bonds. The van der Waals surface area contributed by atoms with Crippen LogP contribution in [0.1, 0.15) is 18.1 Å². The number of rotatable bonds is 4. The zero-order valence-electron chi connectivity index (χ0n) is 10.9. The van der Waals surface area contributed by atoms with E-state index in [-0.39, 0.29) is 17.9 Å². The van der Waals surface area contributed by atoms with Gasteiger partial charge >= 0.3 is 5.97 Å². The fourth-order valence-corrected chi connectivity index (χ4v) is 1.94. The average Bonchev–Trinajstić information content (AvgIpc) is 2.76. The number of fused-ring (bicyclic) bond motifs is 1. The molecular weight excluding hydrogens is 270 g/mol. The molecule has 102 valence electrons. The molecule has 7 heteroatoms. The van der Waals surface area contributed by atoms with Crippen LogP contribution in [0.2, 0.25) is 0 Å². The lowest BCUT2D eigenvalue weighted by molar-refractivity contribution is -0.141. The highest BCUT2D eigenvalue weighted by atomic mass is 35.5. The van der Waals surface area contributed by atoms with Crippen molar-refractivity contribution in [1.82, 2.24) is 14.5 Å². The van der Waals surface area contributed by atoms with Gasteiger partial charge in [0, 0.05) is 6.07 Å². The first-order valence-corrected chi connectivity index (χ1v) is 6.12. The number of hydrogen-bond donors (Lipinski definition) is 0. The summed E-state index contributed by atoms with van der Waals surface area (Å²) in [4.78, 5) is 20.2. The van der Waals surface area contributed by atoms with E-state index < -0.39 is 0 Å². The first-order valence-electron chi connectivity index (χ1n) is 5.69. The van der Waals surface area contributed by atoms with Gasteiger partial charge in [-0.1, -0.05) is 0 Å². The molecule has 0 bridgehead atoms. The summed E-state index contributed by atoms with van der Waals surface area (Å²) in [6.45, 7) is 1.80. The van der Waals surface area contributed by atoms with Gasteiger partial charge in [-0.25, -0.2) is 4.98 Å². The van der Waals surface area contributed by atoms with Crippen LogP contribution in [0.5, 0.6) is 5.88 Å². The van der Waals surface area contributed by atoms with E-state index in [9.17, 15) is 4.79 Å². The lowest BCUT2D eigenvalue weighted by atomic mass is 10.4. The minimum Gasteiger partial charge on any atom is -0.481 e.